The molecule has 3 aliphatic rings. The molecule has 0 fully saturated rings. The van der Waals surface area contributed by atoms with Crippen molar-refractivity contribution in [3.63, 3.8) is 0 Å². The molecule has 0 atom stereocenters. The van der Waals surface area contributed by atoms with Crippen LogP contribution >= 0.6 is 0 Å². The van der Waals surface area contributed by atoms with Gasteiger partial charge in [-0.15, -0.1) is 0 Å². The number of allylic oxidation sites excluding steroid dienone is 1. The number of carbonyl (C=O) groups is 1. The summed E-state index contributed by atoms with van der Waals surface area (Å²) in [6, 6.07) is 9.94. The van der Waals surface area contributed by atoms with Crippen LogP contribution in [0.3, 0.4) is 0 Å². The van der Waals surface area contributed by atoms with Crippen LogP contribution in [-0.4, -0.2) is 61.9 Å². The number of carbonyl (C=O) groups excluding carboxylic acids is 1. The van der Waals surface area contributed by atoms with Crippen molar-refractivity contribution >= 4 is 34.4 Å². The Hall–Kier alpha value is -4.51. The van der Waals surface area contributed by atoms with E-state index in [1.807, 2.05) is 12.2 Å². The maximum Gasteiger partial charge on any atom is 0.278 e. The zero-order chi connectivity index (χ0) is 27.6. The molecule has 0 radical (unpaired) electrons. The summed E-state index contributed by atoms with van der Waals surface area (Å²) in [5, 5.41) is 3.72. The lowest BCUT2D eigenvalue weighted by atomic mass is 9.78. The summed E-state index contributed by atoms with van der Waals surface area (Å²) in [5.41, 5.74) is 3.77. The third-order valence-corrected chi connectivity index (χ3v) is 7.79. The van der Waals surface area contributed by atoms with E-state index in [0.29, 0.717) is 53.9 Å². The lowest BCUT2D eigenvalue weighted by Crippen LogP contribution is -2.40. The summed E-state index contributed by atoms with van der Waals surface area (Å²) < 4.78 is 8.92. The molecule has 1 amide bonds. The van der Waals surface area contributed by atoms with Gasteiger partial charge in [0.2, 0.25) is 5.95 Å². The van der Waals surface area contributed by atoms with Crippen LogP contribution in [0.4, 0.5) is 17.5 Å². The first-order valence-electron chi connectivity index (χ1n) is 13.5. The summed E-state index contributed by atoms with van der Waals surface area (Å²) >= 11 is 0. The van der Waals surface area contributed by atoms with Crippen molar-refractivity contribution < 1.29 is 9.53 Å². The minimum atomic E-state index is -0.215. The van der Waals surface area contributed by atoms with Crippen molar-refractivity contribution in [2.24, 2.45) is 0 Å². The van der Waals surface area contributed by atoms with Crippen LogP contribution in [-0.2, 0) is 23.3 Å². The Morgan fingerprint density at radius 3 is 2.83 bits per heavy atom. The van der Waals surface area contributed by atoms with E-state index in [9.17, 15) is 9.59 Å². The van der Waals surface area contributed by atoms with Crippen LogP contribution in [0.1, 0.15) is 31.4 Å². The summed E-state index contributed by atoms with van der Waals surface area (Å²) in [6.45, 7) is 7.20. The number of hydrogen-bond acceptors (Lipinski definition) is 8. The number of nitrogens with zero attached hydrogens (tertiary/aromatic N) is 7. The fourth-order valence-corrected chi connectivity index (χ4v) is 6.10. The van der Waals surface area contributed by atoms with Gasteiger partial charge in [0, 0.05) is 36.9 Å². The van der Waals surface area contributed by atoms with Gasteiger partial charge in [0.15, 0.2) is 29.6 Å². The zero-order valence-electron chi connectivity index (χ0n) is 22.7. The lowest BCUT2D eigenvalue weighted by Gasteiger charge is -2.38. The molecule has 3 aromatic heterocycles. The minimum Gasteiger partial charge on any atom is -0.480 e. The number of rotatable bonds is 2. The Kier molecular flexibility index (Phi) is 5.53. The average molecular weight is 539 g/mol. The van der Waals surface area contributed by atoms with Crippen LogP contribution in [0.2, 0.25) is 0 Å². The summed E-state index contributed by atoms with van der Waals surface area (Å²) in [7, 11) is 2.14. The molecule has 11 heteroatoms. The second kappa shape index (κ2) is 9.02. The third kappa shape index (κ3) is 3.96. The molecule has 11 nitrogen and oxygen atoms in total. The van der Waals surface area contributed by atoms with E-state index in [1.165, 1.54) is 11.1 Å². The van der Waals surface area contributed by atoms with Gasteiger partial charge >= 0.3 is 0 Å². The van der Waals surface area contributed by atoms with Gasteiger partial charge in [0.1, 0.15) is 5.39 Å². The van der Waals surface area contributed by atoms with Gasteiger partial charge in [-0.1, -0.05) is 32.1 Å². The summed E-state index contributed by atoms with van der Waals surface area (Å²) in [6.07, 6.45) is 6.09. The van der Waals surface area contributed by atoms with Crippen molar-refractivity contribution in [1.82, 2.24) is 29.2 Å². The molecule has 1 N–H and O–H groups in total. The fourth-order valence-electron chi connectivity index (χ4n) is 6.10. The quantitative estimate of drug-likeness (QED) is 0.388. The van der Waals surface area contributed by atoms with E-state index in [-0.39, 0.29) is 23.5 Å². The Morgan fingerprint density at radius 1 is 1.07 bits per heavy atom. The van der Waals surface area contributed by atoms with Crippen molar-refractivity contribution in [2.45, 2.75) is 38.8 Å². The molecule has 40 heavy (non-hydrogen) atoms. The molecule has 3 aliphatic heterocycles. The largest absolute Gasteiger partial charge is 0.480 e. The monoisotopic (exact) mass is 538 g/mol. The van der Waals surface area contributed by atoms with E-state index < -0.39 is 0 Å². The standard InChI is InChI=1S/C29H30N8O3/c1-29(2)17-34(3)15-18-13-19(7-8-21(18)29)31-28-30-14-20-25(33-28)37-23-10-9-22-26(32-23)35(24(38)16-40-22)11-5-4-6-12-36(37)27(20)39/h4,6-10,13-14H,5,11-12,15-17H2,1-3H3,(H,30,31,33)/b6-4+. The number of pyridine rings is 1. The topological polar surface area (TPSA) is 110 Å². The molecule has 0 unspecified atom stereocenters. The molecular weight excluding hydrogens is 508 g/mol. The second-order valence-electron chi connectivity index (χ2n) is 11.3. The first-order valence-corrected chi connectivity index (χ1v) is 13.5. The molecule has 6 heterocycles. The molecule has 0 aliphatic carbocycles. The van der Waals surface area contributed by atoms with Gasteiger partial charge in [-0.05, 0) is 48.9 Å². The molecule has 4 aromatic rings. The van der Waals surface area contributed by atoms with Crippen molar-refractivity contribution in [3.05, 3.63) is 70.2 Å². The first-order chi connectivity index (χ1) is 19.3. The number of hydrogen-bond donors (Lipinski definition) is 1. The predicted molar refractivity (Wildman–Crippen MR) is 152 cm³/mol. The average Bonchev–Trinajstić information content (AvgIpc) is 3.17. The minimum absolute atomic E-state index is 0.0202. The van der Waals surface area contributed by atoms with E-state index in [4.69, 9.17) is 14.7 Å². The van der Waals surface area contributed by atoms with E-state index >= 15 is 0 Å². The molecule has 0 spiro atoms. The number of fused-ring (bicyclic) bond motifs is 6. The second-order valence-corrected chi connectivity index (χ2v) is 11.3. The van der Waals surface area contributed by atoms with E-state index in [0.717, 1.165) is 18.8 Å². The zero-order valence-corrected chi connectivity index (χ0v) is 22.7. The SMILES string of the molecule is CN1Cc2cc(Nc3ncc4c(=O)n5n(c4n3)-c3ccc4c(n3)N(CC/C=C/C5)C(=O)CO4)ccc2C(C)(C)C1. The molecule has 2 bridgehead atoms. The van der Waals surface area contributed by atoms with E-state index in [2.05, 4.69) is 54.3 Å². The van der Waals surface area contributed by atoms with E-state index in [1.54, 1.807) is 32.6 Å². The molecule has 7 rings (SSSR count). The number of amides is 1. The lowest BCUT2D eigenvalue weighted by molar-refractivity contribution is -0.121. The Balaban J connectivity index is 1.33. The first kappa shape index (κ1) is 24.5. The summed E-state index contributed by atoms with van der Waals surface area (Å²) in [5.74, 6) is 1.68. The van der Waals surface area contributed by atoms with Crippen molar-refractivity contribution in [3.8, 4) is 11.6 Å². The highest BCUT2D eigenvalue weighted by Gasteiger charge is 2.31. The highest BCUT2D eigenvalue weighted by atomic mass is 16.5. The number of benzene rings is 1. The van der Waals surface area contributed by atoms with Gasteiger partial charge in [-0.2, -0.15) is 4.98 Å². The van der Waals surface area contributed by atoms with Crippen LogP contribution in [0.25, 0.3) is 16.9 Å². The summed E-state index contributed by atoms with van der Waals surface area (Å²) in [4.78, 5) is 44.1. The van der Waals surface area contributed by atoms with Gasteiger partial charge in [0.05, 0.1) is 6.54 Å². The highest BCUT2D eigenvalue weighted by Crippen LogP contribution is 2.35. The molecular formula is C29H30N8O3. The molecule has 1 aromatic carbocycles. The van der Waals surface area contributed by atoms with Crippen molar-refractivity contribution in [2.75, 3.05) is 37.0 Å². The van der Waals surface area contributed by atoms with Crippen LogP contribution < -0.4 is 20.5 Å². The number of nitrogens with one attached hydrogen (secondary N) is 1. The highest BCUT2D eigenvalue weighted by molar-refractivity contribution is 5.96. The van der Waals surface area contributed by atoms with Crippen LogP contribution in [0.15, 0.2) is 53.5 Å². The maximum atomic E-state index is 13.5. The Labute approximate surface area is 230 Å². The Bertz CT molecular complexity index is 1770. The predicted octanol–water partition coefficient (Wildman–Crippen LogP) is 3.13. The number of ether oxygens (including phenoxy) is 1. The normalized spacial score (nSPS) is 18.9. The van der Waals surface area contributed by atoms with Crippen LogP contribution in [0.5, 0.6) is 5.75 Å². The van der Waals surface area contributed by atoms with Gasteiger partial charge in [-0.3, -0.25) is 14.5 Å². The van der Waals surface area contributed by atoms with Gasteiger partial charge in [-0.25, -0.2) is 19.3 Å². The smallest absolute Gasteiger partial charge is 0.278 e. The molecule has 0 saturated heterocycles. The van der Waals surface area contributed by atoms with Gasteiger partial charge in [0.25, 0.3) is 11.5 Å². The number of anilines is 3. The number of likely N-dealkylation sites (N-methyl/N-ethyl adjacent to an activating group) is 1. The third-order valence-electron chi connectivity index (χ3n) is 7.79. The Morgan fingerprint density at radius 2 is 1.95 bits per heavy atom. The van der Waals surface area contributed by atoms with Crippen LogP contribution in [0, 0.1) is 0 Å². The maximum absolute atomic E-state index is 13.5. The van der Waals surface area contributed by atoms with Crippen molar-refractivity contribution in [1.29, 1.82) is 0 Å². The number of aromatic nitrogens is 5. The van der Waals surface area contributed by atoms with Gasteiger partial charge < -0.3 is 15.0 Å². The fraction of sp³-hybridized carbons (Fsp3) is 0.345. The molecule has 0 saturated carbocycles. The molecule has 204 valence electrons.